The molecule has 3 aromatic rings. The van der Waals surface area contributed by atoms with E-state index in [9.17, 15) is 0 Å². The van der Waals surface area contributed by atoms with Crippen LogP contribution < -0.4 is 10.6 Å². The van der Waals surface area contributed by atoms with Gasteiger partial charge in [0.2, 0.25) is 0 Å². The minimum Gasteiger partial charge on any atom is -0.356 e. The van der Waals surface area contributed by atoms with Gasteiger partial charge in [0.15, 0.2) is 5.96 Å². The number of aromatic nitrogens is 2. The smallest absolute Gasteiger partial charge is 0.190 e. The van der Waals surface area contributed by atoms with Gasteiger partial charge in [0.25, 0.3) is 0 Å². The second-order valence-corrected chi connectivity index (χ2v) is 7.63. The first kappa shape index (κ1) is 18.5. The lowest BCUT2D eigenvalue weighted by molar-refractivity contribution is 0.640. The number of benzene rings is 1. The molecule has 6 heteroatoms. The molecule has 0 fully saturated rings. The number of aryl methyl sites for hydroxylation is 3. The molecular formula is C20H27N5S. The van der Waals surface area contributed by atoms with Crippen LogP contribution in [0.5, 0.6) is 0 Å². The maximum atomic E-state index is 4.58. The van der Waals surface area contributed by atoms with E-state index >= 15 is 0 Å². The fourth-order valence-corrected chi connectivity index (χ4v) is 3.88. The van der Waals surface area contributed by atoms with E-state index in [-0.39, 0.29) is 0 Å². The van der Waals surface area contributed by atoms with Crippen LogP contribution in [-0.4, -0.2) is 35.6 Å². The lowest BCUT2D eigenvalue weighted by Crippen LogP contribution is -2.38. The number of nitrogens with one attached hydrogen (secondary N) is 2. The van der Waals surface area contributed by atoms with Crippen molar-refractivity contribution in [1.82, 2.24) is 20.2 Å². The molecular weight excluding hydrogens is 342 g/mol. The predicted octanol–water partition coefficient (Wildman–Crippen LogP) is 3.51. The number of hydrogen-bond acceptors (Lipinski definition) is 3. The normalized spacial score (nSPS) is 11.9. The van der Waals surface area contributed by atoms with Gasteiger partial charge in [-0.2, -0.15) is 0 Å². The summed E-state index contributed by atoms with van der Waals surface area (Å²) < 4.78 is 2.31. The van der Waals surface area contributed by atoms with Crippen LogP contribution in [0.15, 0.2) is 41.5 Å². The van der Waals surface area contributed by atoms with Crippen molar-refractivity contribution in [1.29, 1.82) is 0 Å². The van der Waals surface area contributed by atoms with Crippen LogP contribution in [0, 0.1) is 13.8 Å². The number of hydrogen-bond donors (Lipinski definition) is 2. The standard InChI is InChI=1S/C20H27N5S/c1-15-16(2)26-19(24-15)9-12-23-20(21-3)22-11-6-13-25-14-10-17-7-4-5-8-18(17)25/h4-5,7-8,10,14H,6,9,11-13H2,1-3H3,(H2,21,22,23). The lowest BCUT2D eigenvalue weighted by atomic mass is 10.2. The van der Waals surface area contributed by atoms with Gasteiger partial charge in [0, 0.05) is 49.7 Å². The fourth-order valence-electron chi connectivity index (χ4n) is 2.95. The third kappa shape index (κ3) is 4.64. The first-order valence-electron chi connectivity index (χ1n) is 9.08. The maximum absolute atomic E-state index is 4.58. The summed E-state index contributed by atoms with van der Waals surface area (Å²) in [7, 11) is 1.81. The van der Waals surface area contributed by atoms with Gasteiger partial charge in [-0.05, 0) is 37.8 Å². The number of nitrogens with zero attached hydrogens (tertiary/aromatic N) is 3. The first-order chi connectivity index (χ1) is 12.7. The van der Waals surface area contributed by atoms with Crippen molar-refractivity contribution in [2.45, 2.75) is 33.2 Å². The average Bonchev–Trinajstić information content (AvgIpc) is 3.20. The van der Waals surface area contributed by atoms with Crippen LogP contribution in [0.2, 0.25) is 0 Å². The van der Waals surface area contributed by atoms with Gasteiger partial charge in [-0.25, -0.2) is 4.98 Å². The number of fused-ring (bicyclic) bond motifs is 1. The highest BCUT2D eigenvalue weighted by molar-refractivity contribution is 7.11. The summed E-state index contributed by atoms with van der Waals surface area (Å²) in [5.74, 6) is 0.854. The average molecular weight is 370 g/mol. The summed E-state index contributed by atoms with van der Waals surface area (Å²) in [5, 5.41) is 9.24. The van der Waals surface area contributed by atoms with Gasteiger partial charge in [-0.1, -0.05) is 18.2 Å². The van der Waals surface area contributed by atoms with Crippen molar-refractivity contribution >= 4 is 28.2 Å². The molecule has 0 atom stereocenters. The second-order valence-electron chi connectivity index (χ2n) is 6.35. The summed E-state index contributed by atoms with van der Waals surface area (Å²) in [6.07, 6.45) is 4.13. The van der Waals surface area contributed by atoms with Crippen molar-refractivity contribution < 1.29 is 0 Å². The Morgan fingerprint density at radius 2 is 1.96 bits per heavy atom. The summed E-state index contributed by atoms with van der Waals surface area (Å²) in [4.78, 5) is 10.2. The molecule has 0 aliphatic carbocycles. The van der Waals surface area contributed by atoms with Crippen LogP contribution in [0.4, 0.5) is 0 Å². The molecule has 0 radical (unpaired) electrons. The highest BCUT2D eigenvalue weighted by Crippen LogP contribution is 2.16. The quantitative estimate of drug-likeness (QED) is 0.381. The largest absolute Gasteiger partial charge is 0.356 e. The summed E-state index contributed by atoms with van der Waals surface area (Å²) in [5.41, 5.74) is 2.44. The second kappa shape index (κ2) is 8.85. The molecule has 3 rings (SSSR count). The van der Waals surface area contributed by atoms with E-state index in [4.69, 9.17) is 0 Å². The van der Waals surface area contributed by atoms with E-state index in [1.807, 2.05) is 7.05 Å². The van der Waals surface area contributed by atoms with Gasteiger partial charge in [0.1, 0.15) is 0 Å². The highest BCUT2D eigenvalue weighted by Gasteiger charge is 2.04. The monoisotopic (exact) mass is 369 g/mol. The van der Waals surface area contributed by atoms with Gasteiger partial charge in [-0.3, -0.25) is 4.99 Å². The third-order valence-corrected chi connectivity index (χ3v) is 5.61. The Hall–Kier alpha value is -2.34. The molecule has 0 aliphatic heterocycles. The summed E-state index contributed by atoms with van der Waals surface area (Å²) >= 11 is 1.78. The summed E-state index contributed by atoms with van der Waals surface area (Å²) in [6.45, 7) is 6.92. The number of para-hydroxylation sites is 1. The van der Waals surface area contributed by atoms with Crippen LogP contribution in [0.1, 0.15) is 22.0 Å². The van der Waals surface area contributed by atoms with Crippen LogP contribution in [0.3, 0.4) is 0 Å². The number of thiazole rings is 1. The molecule has 5 nitrogen and oxygen atoms in total. The van der Waals surface area contributed by atoms with Crippen molar-refractivity contribution in [3.8, 4) is 0 Å². The molecule has 138 valence electrons. The zero-order valence-corrected chi connectivity index (χ0v) is 16.6. The minimum absolute atomic E-state index is 0.842. The Labute approximate surface area is 159 Å². The topological polar surface area (TPSA) is 54.2 Å². The third-order valence-electron chi connectivity index (χ3n) is 4.48. The maximum Gasteiger partial charge on any atom is 0.190 e. The summed E-state index contributed by atoms with van der Waals surface area (Å²) in [6, 6.07) is 10.7. The van der Waals surface area contributed by atoms with Gasteiger partial charge < -0.3 is 15.2 Å². The molecule has 26 heavy (non-hydrogen) atoms. The Morgan fingerprint density at radius 3 is 2.73 bits per heavy atom. The highest BCUT2D eigenvalue weighted by atomic mass is 32.1. The van der Waals surface area contributed by atoms with E-state index in [1.165, 1.54) is 20.8 Å². The zero-order valence-electron chi connectivity index (χ0n) is 15.7. The SMILES string of the molecule is CN=C(NCCCn1ccc2ccccc21)NCCc1nc(C)c(C)s1. The van der Waals surface area contributed by atoms with Crippen molar-refractivity contribution in [2.24, 2.45) is 4.99 Å². The van der Waals surface area contributed by atoms with E-state index < -0.39 is 0 Å². The molecule has 2 N–H and O–H groups in total. The van der Waals surface area contributed by atoms with E-state index in [2.05, 4.69) is 75.6 Å². The van der Waals surface area contributed by atoms with E-state index in [0.29, 0.717) is 0 Å². The van der Waals surface area contributed by atoms with Crippen molar-refractivity contribution in [3.05, 3.63) is 52.1 Å². The van der Waals surface area contributed by atoms with Gasteiger partial charge in [0.05, 0.1) is 10.7 Å². The Kier molecular flexibility index (Phi) is 6.28. The predicted molar refractivity (Wildman–Crippen MR) is 111 cm³/mol. The minimum atomic E-state index is 0.842. The van der Waals surface area contributed by atoms with Crippen LogP contribution >= 0.6 is 11.3 Å². The molecule has 0 saturated carbocycles. The van der Waals surface area contributed by atoms with Gasteiger partial charge in [-0.15, -0.1) is 11.3 Å². The van der Waals surface area contributed by atoms with Crippen LogP contribution in [0.25, 0.3) is 10.9 Å². The molecule has 2 heterocycles. The van der Waals surface area contributed by atoms with Gasteiger partial charge >= 0.3 is 0 Å². The molecule has 0 amide bonds. The number of rotatable bonds is 7. The lowest BCUT2D eigenvalue weighted by Gasteiger charge is -2.12. The molecule has 2 aromatic heterocycles. The van der Waals surface area contributed by atoms with Crippen molar-refractivity contribution in [2.75, 3.05) is 20.1 Å². The number of aliphatic imine (C=N–C) groups is 1. The zero-order chi connectivity index (χ0) is 18.4. The Balaban J connectivity index is 1.39. The van der Waals surface area contributed by atoms with Crippen molar-refractivity contribution in [3.63, 3.8) is 0 Å². The van der Waals surface area contributed by atoms with E-state index in [1.54, 1.807) is 11.3 Å². The molecule has 0 unspecified atom stereocenters. The first-order valence-corrected chi connectivity index (χ1v) is 9.90. The fraction of sp³-hybridized carbons (Fsp3) is 0.400. The molecule has 0 aliphatic rings. The number of guanidine groups is 1. The molecule has 0 spiro atoms. The molecule has 0 saturated heterocycles. The molecule has 1 aromatic carbocycles. The Bertz CT molecular complexity index is 858. The molecule has 0 bridgehead atoms. The van der Waals surface area contributed by atoms with E-state index in [0.717, 1.165) is 44.1 Å². The van der Waals surface area contributed by atoms with Crippen LogP contribution in [-0.2, 0) is 13.0 Å². The Morgan fingerprint density at radius 1 is 1.15 bits per heavy atom.